The predicted molar refractivity (Wildman–Crippen MR) is 56.4 cm³/mol. The summed E-state index contributed by atoms with van der Waals surface area (Å²) in [5.74, 6) is 0.187. The third-order valence-electron chi connectivity index (χ3n) is 1.32. The van der Waals surface area contributed by atoms with Crippen molar-refractivity contribution in [2.75, 3.05) is 6.51 Å². The molecule has 1 aromatic carbocycles. The van der Waals surface area contributed by atoms with Crippen LogP contribution in [0.2, 0.25) is 0 Å². The van der Waals surface area contributed by atoms with E-state index in [1.807, 2.05) is 0 Å². The molecule has 15 heavy (non-hydrogen) atoms. The van der Waals surface area contributed by atoms with Gasteiger partial charge >= 0.3 is 58.4 Å². The normalized spacial score (nSPS) is 10.7. The van der Waals surface area contributed by atoms with Crippen molar-refractivity contribution in [3.8, 4) is 5.75 Å². The molecule has 78 valence electrons. The number of rotatable bonds is 3. The largest absolute Gasteiger partial charge is 1.00 e. The van der Waals surface area contributed by atoms with Crippen LogP contribution >= 0.6 is 31.9 Å². The van der Waals surface area contributed by atoms with Crippen molar-refractivity contribution >= 4 is 38.8 Å². The van der Waals surface area contributed by atoms with E-state index in [0.717, 1.165) is 4.47 Å². The van der Waals surface area contributed by atoms with Crippen LogP contribution in [-0.4, -0.2) is 13.5 Å². The van der Waals surface area contributed by atoms with Crippen molar-refractivity contribution in [3.05, 3.63) is 27.1 Å². The first kappa shape index (κ1) is 16.5. The third kappa shape index (κ3) is 6.70. The van der Waals surface area contributed by atoms with E-state index in [2.05, 4.69) is 36.6 Å². The van der Waals surface area contributed by atoms with Crippen molar-refractivity contribution in [1.82, 2.24) is 0 Å². The summed E-state index contributed by atoms with van der Waals surface area (Å²) in [5.41, 5.74) is 0. The van der Waals surface area contributed by atoms with Gasteiger partial charge in [0.05, 0.1) is 11.0 Å². The molecule has 0 spiro atoms. The molecular weight excluding hydrogens is 367 g/mol. The van der Waals surface area contributed by atoms with Gasteiger partial charge in [0.2, 0.25) is 0 Å². The van der Waals surface area contributed by atoms with Gasteiger partial charge in [-0.25, -0.2) is 0 Å². The Bertz CT molecular complexity index is 335. The fourth-order valence-corrected chi connectivity index (χ4v) is 1.94. The Labute approximate surface area is 145 Å². The first-order valence-electron chi connectivity index (χ1n) is 3.67. The topological polar surface area (TPSA) is 9.23 Å². The van der Waals surface area contributed by atoms with Crippen LogP contribution in [0.1, 0.15) is 0 Å². The summed E-state index contributed by atoms with van der Waals surface area (Å²) < 4.78 is 41.5. The molecule has 0 aliphatic carbocycles. The molecule has 1 nitrogen and oxygen atoms in total. The summed E-state index contributed by atoms with van der Waals surface area (Å²) in [6.07, 6.45) is 0. The van der Waals surface area contributed by atoms with Gasteiger partial charge in [-0.1, -0.05) is 15.9 Å². The third-order valence-corrected chi connectivity index (χ3v) is 2.43. The SMILES string of the molecule is F[B-](F)(F)COc1ccc(Br)cc1Br.[K+]. The maximum Gasteiger partial charge on any atom is 1.00 e. The predicted octanol–water partition coefficient (Wildman–Crippen LogP) is 0.981. The zero-order valence-electron chi connectivity index (χ0n) is 7.81. The standard InChI is InChI=1S/C7H5BBr2F3O.K/c9-5-1-2-7(6(10)3-5)14-4-8(11,12)13;/h1-3H,4H2;/q-1;+1. The van der Waals surface area contributed by atoms with E-state index in [1.165, 1.54) is 6.07 Å². The van der Waals surface area contributed by atoms with Crippen LogP contribution in [0.4, 0.5) is 12.9 Å². The van der Waals surface area contributed by atoms with Crippen molar-refractivity contribution in [2.45, 2.75) is 0 Å². The van der Waals surface area contributed by atoms with Crippen molar-refractivity contribution < 1.29 is 69.1 Å². The second-order valence-electron chi connectivity index (χ2n) is 2.60. The van der Waals surface area contributed by atoms with Crippen molar-refractivity contribution in [2.24, 2.45) is 0 Å². The van der Waals surface area contributed by atoms with Gasteiger partial charge in [-0.15, -0.1) is 0 Å². The average Bonchev–Trinajstić information content (AvgIpc) is 2.00. The van der Waals surface area contributed by atoms with Gasteiger partial charge in [-0.3, -0.25) is 0 Å². The van der Waals surface area contributed by atoms with E-state index < -0.39 is 13.5 Å². The summed E-state index contributed by atoms with van der Waals surface area (Å²) in [7, 11) is 0. The van der Waals surface area contributed by atoms with E-state index in [-0.39, 0.29) is 57.1 Å². The van der Waals surface area contributed by atoms with Gasteiger partial charge in [0.15, 0.2) is 0 Å². The molecule has 0 atom stereocenters. The van der Waals surface area contributed by atoms with Crippen molar-refractivity contribution in [1.29, 1.82) is 0 Å². The quantitative estimate of drug-likeness (QED) is 0.720. The second kappa shape index (κ2) is 7.03. The van der Waals surface area contributed by atoms with E-state index in [0.29, 0.717) is 4.47 Å². The maximum absolute atomic E-state index is 11.9. The minimum absolute atomic E-state index is 0. The average molecular weight is 372 g/mol. The van der Waals surface area contributed by atoms with Gasteiger partial charge in [0.1, 0.15) is 5.75 Å². The van der Waals surface area contributed by atoms with Gasteiger partial charge in [0.25, 0.3) is 0 Å². The molecule has 1 aromatic rings. The Kier molecular flexibility index (Phi) is 7.72. The van der Waals surface area contributed by atoms with Crippen molar-refractivity contribution in [3.63, 3.8) is 0 Å². The summed E-state index contributed by atoms with van der Waals surface area (Å²) in [4.78, 5) is 0. The van der Waals surface area contributed by atoms with Crippen LogP contribution in [0.25, 0.3) is 0 Å². The van der Waals surface area contributed by atoms with Gasteiger partial charge in [0, 0.05) is 4.47 Å². The Balaban J connectivity index is 0.00000196. The second-order valence-corrected chi connectivity index (χ2v) is 4.37. The summed E-state index contributed by atoms with van der Waals surface area (Å²) in [6.45, 7) is -6.13. The molecule has 0 aliphatic heterocycles. The van der Waals surface area contributed by atoms with E-state index in [1.54, 1.807) is 12.1 Å². The van der Waals surface area contributed by atoms with E-state index >= 15 is 0 Å². The molecule has 0 fully saturated rings. The Morgan fingerprint density at radius 3 is 2.27 bits per heavy atom. The molecule has 0 aliphatic rings. The van der Waals surface area contributed by atoms with Crippen LogP contribution < -0.4 is 56.1 Å². The molecule has 0 radical (unpaired) electrons. The molecule has 0 unspecified atom stereocenters. The minimum Gasteiger partial charge on any atom is -0.521 e. The monoisotopic (exact) mass is 370 g/mol. The van der Waals surface area contributed by atoms with Crippen LogP contribution in [0, 0.1) is 0 Å². The summed E-state index contributed by atoms with van der Waals surface area (Å²) >= 11 is 6.28. The maximum atomic E-state index is 11.9. The van der Waals surface area contributed by atoms with Gasteiger partial charge < -0.3 is 17.7 Å². The molecule has 0 amide bonds. The number of hydrogen-bond donors (Lipinski definition) is 0. The number of benzene rings is 1. The molecule has 0 saturated carbocycles. The number of ether oxygens (including phenoxy) is 1. The van der Waals surface area contributed by atoms with Crippen LogP contribution in [-0.2, 0) is 0 Å². The molecule has 0 aromatic heterocycles. The zero-order chi connectivity index (χ0) is 10.8. The molecule has 0 heterocycles. The molecule has 0 saturated heterocycles. The fraction of sp³-hybridized carbons (Fsp3) is 0.143. The molecule has 8 heteroatoms. The molecule has 1 rings (SSSR count). The Morgan fingerprint density at radius 2 is 1.80 bits per heavy atom. The first-order valence-corrected chi connectivity index (χ1v) is 5.26. The molecule has 0 bridgehead atoms. The minimum atomic E-state index is -4.91. The van der Waals surface area contributed by atoms with E-state index in [9.17, 15) is 12.9 Å². The van der Waals surface area contributed by atoms with Crippen LogP contribution in [0.3, 0.4) is 0 Å². The van der Waals surface area contributed by atoms with Crippen LogP contribution in [0.15, 0.2) is 27.1 Å². The zero-order valence-corrected chi connectivity index (χ0v) is 14.1. The fourth-order valence-electron chi connectivity index (χ4n) is 0.777. The van der Waals surface area contributed by atoms with E-state index in [4.69, 9.17) is 0 Å². The summed E-state index contributed by atoms with van der Waals surface area (Å²) in [5, 5.41) is 0. The molecule has 0 N–H and O–H groups in total. The Hall–Kier alpha value is 1.47. The number of halogens is 5. The van der Waals surface area contributed by atoms with Gasteiger partial charge in [-0.05, 0) is 34.1 Å². The van der Waals surface area contributed by atoms with Gasteiger partial charge in [-0.2, -0.15) is 0 Å². The molecular formula is C7H5BBr2F3KO. The smallest absolute Gasteiger partial charge is 0.521 e. The Morgan fingerprint density at radius 1 is 1.20 bits per heavy atom. The number of hydrogen-bond acceptors (Lipinski definition) is 1. The summed E-state index contributed by atoms with van der Waals surface area (Å²) in [6, 6.07) is 4.71. The van der Waals surface area contributed by atoms with Crippen LogP contribution in [0.5, 0.6) is 5.75 Å². The first-order chi connectivity index (χ1) is 6.38.